The van der Waals surface area contributed by atoms with Gasteiger partial charge in [0, 0.05) is 0 Å². The van der Waals surface area contributed by atoms with Crippen LogP contribution in [0.25, 0.3) is 0 Å². The molecule has 0 amide bonds. The second-order valence-corrected chi connectivity index (χ2v) is 8.08. The summed E-state index contributed by atoms with van der Waals surface area (Å²) >= 11 is 0. The van der Waals surface area contributed by atoms with Crippen molar-refractivity contribution in [2.75, 3.05) is 0 Å². The third kappa shape index (κ3) is 2.20. The molecule has 0 heteroatoms. The molecule has 2 saturated carbocycles. The predicted octanol–water partition coefficient (Wildman–Crippen LogP) is 6.14. The van der Waals surface area contributed by atoms with Crippen LogP contribution in [0, 0.1) is 29.1 Å². The summed E-state index contributed by atoms with van der Waals surface area (Å²) in [7, 11) is 0. The van der Waals surface area contributed by atoms with Crippen LogP contribution in [-0.2, 0) is 0 Å². The second kappa shape index (κ2) is 5.35. The van der Waals surface area contributed by atoms with Gasteiger partial charge in [0.05, 0.1) is 0 Å². The first-order valence-corrected chi connectivity index (χ1v) is 8.96. The number of hydrogen-bond acceptors (Lipinski definition) is 0. The number of rotatable bonds is 2. The van der Waals surface area contributed by atoms with Crippen LogP contribution in [0.5, 0.6) is 0 Å². The zero-order valence-electron chi connectivity index (χ0n) is 13.9. The average Bonchev–Trinajstić information content (AvgIpc) is 2.45. The number of fused-ring (bicyclic) bond motifs is 3. The van der Waals surface area contributed by atoms with E-state index in [1.807, 2.05) is 0 Å². The van der Waals surface area contributed by atoms with E-state index >= 15 is 0 Å². The Labute approximate surface area is 125 Å². The van der Waals surface area contributed by atoms with Crippen LogP contribution in [0.15, 0.2) is 23.3 Å². The van der Waals surface area contributed by atoms with Gasteiger partial charge in [-0.25, -0.2) is 0 Å². The molecule has 112 valence electrons. The van der Waals surface area contributed by atoms with Gasteiger partial charge in [0.2, 0.25) is 0 Å². The van der Waals surface area contributed by atoms with Crippen molar-refractivity contribution < 1.29 is 0 Å². The molecule has 0 spiro atoms. The maximum atomic E-state index is 2.63. The second-order valence-electron chi connectivity index (χ2n) is 8.08. The lowest BCUT2D eigenvalue weighted by atomic mass is 9.49. The molecule has 3 aliphatic rings. The molecule has 0 N–H and O–H groups in total. The van der Waals surface area contributed by atoms with Gasteiger partial charge in [0.25, 0.3) is 0 Å². The predicted molar refractivity (Wildman–Crippen MR) is 87.6 cm³/mol. The number of hydrogen-bond donors (Lipinski definition) is 0. The van der Waals surface area contributed by atoms with Gasteiger partial charge in [-0.1, -0.05) is 64.7 Å². The van der Waals surface area contributed by atoms with E-state index in [2.05, 4.69) is 39.8 Å². The molecule has 2 fully saturated rings. The van der Waals surface area contributed by atoms with Crippen LogP contribution < -0.4 is 0 Å². The fourth-order valence-corrected chi connectivity index (χ4v) is 5.60. The highest BCUT2D eigenvalue weighted by molar-refractivity contribution is 5.34. The van der Waals surface area contributed by atoms with Gasteiger partial charge in [0.1, 0.15) is 0 Å². The smallest absolute Gasteiger partial charge is 0.0108 e. The van der Waals surface area contributed by atoms with Crippen LogP contribution >= 0.6 is 0 Å². The normalized spacial score (nSPS) is 40.8. The van der Waals surface area contributed by atoms with E-state index in [0.717, 1.165) is 17.8 Å². The fourth-order valence-electron chi connectivity index (χ4n) is 5.60. The minimum atomic E-state index is 0.599. The lowest BCUT2D eigenvalue weighted by Gasteiger charge is -2.55. The van der Waals surface area contributed by atoms with Gasteiger partial charge < -0.3 is 0 Å². The van der Waals surface area contributed by atoms with Crippen LogP contribution in [-0.4, -0.2) is 0 Å². The maximum absolute atomic E-state index is 2.63. The van der Waals surface area contributed by atoms with E-state index in [4.69, 9.17) is 0 Å². The van der Waals surface area contributed by atoms with E-state index in [9.17, 15) is 0 Å². The third-order valence-corrected chi connectivity index (χ3v) is 6.83. The quantitative estimate of drug-likeness (QED) is 0.566. The van der Waals surface area contributed by atoms with Crippen molar-refractivity contribution in [3.63, 3.8) is 0 Å². The monoisotopic (exact) mass is 272 g/mol. The molecule has 3 aliphatic carbocycles. The molecule has 4 atom stereocenters. The molecule has 0 bridgehead atoms. The Kier molecular flexibility index (Phi) is 3.86. The summed E-state index contributed by atoms with van der Waals surface area (Å²) in [4.78, 5) is 0. The van der Waals surface area contributed by atoms with Crippen molar-refractivity contribution in [2.45, 2.75) is 72.6 Å². The molecule has 0 aromatic rings. The van der Waals surface area contributed by atoms with Crippen LogP contribution in [0.4, 0.5) is 0 Å². The highest BCUT2D eigenvalue weighted by atomic mass is 14.5. The summed E-state index contributed by atoms with van der Waals surface area (Å²) in [5.74, 6) is 3.56. The van der Waals surface area contributed by atoms with Crippen LogP contribution in [0.2, 0.25) is 0 Å². The van der Waals surface area contributed by atoms with Gasteiger partial charge in [-0.2, -0.15) is 0 Å². The van der Waals surface area contributed by atoms with E-state index in [-0.39, 0.29) is 0 Å². The van der Waals surface area contributed by atoms with E-state index in [0.29, 0.717) is 11.3 Å². The molecule has 3 rings (SSSR count). The molecule has 0 aliphatic heterocycles. The first-order valence-electron chi connectivity index (χ1n) is 8.96. The fraction of sp³-hybridized carbons (Fsp3) is 0.800. The SMILES string of the molecule is CC[C@@H]1CCCC2(C)C3CC=C(C(C)C)C=C3CCC12. The van der Waals surface area contributed by atoms with E-state index in [1.54, 1.807) is 11.1 Å². The Bertz CT molecular complexity index is 425. The Balaban J connectivity index is 1.88. The van der Waals surface area contributed by atoms with E-state index in [1.165, 1.54) is 44.9 Å². The Morgan fingerprint density at radius 2 is 2.10 bits per heavy atom. The molecule has 0 heterocycles. The van der Waals surface area contributed by atoms with Crippen LogP contribution in [0.1, 0.15) is 72.6 Å². The summed E-state index contributed by atoms with van der Waals surface area (Å²) in [6, 6.07) is 0. The summed E-state index contributed by atoms with van der Waals surface area (Å²) in [6.45, 7) is 9.72. The molecule has 0 saturated heterocycles. The highest BCUT2D eigenvalue weighted by Crippen LogP contribution is 2.59. The Morgan fingerprint density at radius 1 is 1.30 bits per heavy atom. The van der Waals surface area contributed by atoms with Gasteiger partial charge in [0.15, 0.2) is 0 Å². The minimum Gasteiger partial charge on any atom is -0.0804 e. The van der Waals surface area contributed by atoms with Crippen molar-refractivity contribution in [3.05, 3.63) is 23.3 Å². The molecule has 3 unspecified atom stereocenters. The van der Waals surface area contributed by atoms with Crippen molar-refractivity contribution in [1.29, 1.82) is 0 Å². The lowest BCUT2D eigenvalue weighted by Crippen LogP contribution is -2.46. The molecule has 20 heavy (non-hydrogen) atoms. The summed E-state index contributed by atoms with van der Waals surface area (Å²) in [6.07, 6.45) is 15.1. The van der Waals surface area contributed by atoms with Crippen LogP contribution in [0.3, 0.4) is 0 Å². The third-order valence-electron chi connectivity index (χ3n) is 6.83. The summed E-state index contributed by atoms with van der Waals surface area (Å²) < 4.78 is 0. The molecule has 0 radical (unpaired) electrons. The first kappa shape index (κ1) is 14.4. The molecular weight excluding hydrogens is 240 g/mol. The van der Waals surface area contributed by atoms with E-state index < -0.39 is 0 Å². The number of allylic oxidation sites excluding steroid dienone is 4. The van der Waals surface area contributed by atoms with Crippen molar-refractivity contribution in [3.8, 4) is 0 Å². The Hall–Kier alpha value is -0.520. The highest BCUT2D eigenvalue weighted by Gasteiger charge is 2.49. The zero-order chi connectivity index (χ0) is 14.3. The summed E-state index contributed by atoms with van der Waals surface area (Å²) in [5.41, 5.74) is 4.00. The van der Waals surface area contributed by atoms with Crippen molar-refractivity contribution >= 4 is 0 Å². The zero-order valence-corrected chi connectivity index (χ0v) is 13.9. The topological polar surface area (TPSA) is 0 Å². The first-order chi connectivity index (χ1) is 9.56. The molecule has 0 aromatic heterocycles. The largest absolute Gasteiger partial charge is 0.0804 e. The summed E-state index contributed by atoms with van der Waals surface area (Å²) in [5, 5.41) is 0. The molecular formula is C20H32. The maximum Gasteiger partial charge on any atom is -0.0108 e. The van der Waals surface area contributed by atoms with Gasteiger partial charge in [-0.3, -0.25) is 0 Å². The average molecular weight is 272 g/mol. The standard InChI is InChI=1S/C20H32/c1-5-15-7-6-12-20(4)18(15)11-9-17-13-16(14(2)3)8-10-19(17)20/h8,13-15,18-19H,5-7,9-12H2,1-4H3/t15-,18?,19?,20?/m1/s1. The van der Waals surface area contributed by atoms with Crippen molar-refractivity contribution in [2.24, 2.45) is 29.1 Å². The van der Waals surface area contributed by atoms with Gasteiger partial charge >= 0.3 is 0 Å². The van der Waals surface area contributed by atoms with Gasteiger partial charge in [-0.05, 0) is 60.3 Å². The van der Waals surface area contributed by atoms with Gasteiger partial charge in [-0.15, -0.1) is 0 Å². The molecule has 0 nitrogen and oxygen atoms in total. The van der Waals surface area contributed by atoms with Crippen molar-refractivity contribution in [1.82, 2.24) is 0 Å². The lowest BCUT2D eigenvalue weighted by molar-refractivity contribution is -0.0110. The Morgan fingerprint density at radius 3 is 2.80 bits per heavy atom. The molecule has 0 aromatic carbocycles. The minimum absolute atomic E-state index is 0.599.